The molecule has 1 atom stereocenters. The molecule has 1 aromatic rings. The topological polar surface area (TPSA) is 38.7 Å². The molecule has 21 heavy (non-hydrogen) atoms. The van der Waals surface area contributed by atoms with Crippen molar-refractivity contribution in [3.63, 3.8) is 0 Å². The van der Waals surface area contributed by atoms with Gasteiger partial charge in [0.1, 0.15) is 0 Å². The van der Waals surface area contributed by atoms with Crippen LogP contribution in [0.2, 0.25) is 0 Å². The lowest BCUT2D eigenvalue weighted by Gasteiger charge is -2.28. The van der Waals surface area contributed by atoms with Crippen LogP contribution in [0.4, 0.5) is 0 Å². The number of aliphatic hydroxyl groups is 1. The van der Waals surface area contributed by atoms with Crippen LogP contribution >= 0.6 is 22.1 Å². The molecule has 1 rings (SSSR count). The molecule has 122 valence electrons. The number of benzene rings is 1. The van der Waals surface area contributed by atoms with E-state index in [0.29, 0.717) is 19.0 Å². The van der Waals surface area contributed by atoms with Crippen molar-refractivity contribution in [1.82, 2.24) is 0 Å². The molecule has 0 aromatic heterocycles. The van der Waals surface area contributed by atoms with Gasteiger partial charge < -0.3 is 14.0 Å². The van der Waals surface area contributed by atoms with Crippen LogP contribution in [-0.2, 0) is 14.7 Å². The Morgan fingerprint density at radius 3 is 2.62 bits per heavy atom. The third kappa shape index (κ3) is 9.42. The lowest BCUT2D eigenvalue weighted by molar-refractivity contribution is 0.0491. The Kier molecular flexibility index (Phi) is 9.44. The minimum absolute atomic E-state index is 0.388. The molecule has 0 aliphatic rings. The highest BCUT2D eigenvalue weighted by Gasteiger charge is 2.09. The Hall–Kier alpha value is -0.200. The Bertz CT molecular complexity index is 371. The van der Waals surface area contributed by atoms with Gasteiger partial charge in [-0.2, -0.15) is 11.8 Å². The Labute approximate surface area is 134 Å². The van der Waals surface area contributed by atoms with Crippen LogP contribution in [0.3, 0.4) is 0 Å². The van der Waals surface area contributed by atoms with E-state index in [-0.39, 0.29) is 6.10 Å². The average molecular weight is 333 g/mol. The normalized spacial score (nSPS) is 14.1. The zero-order valence-electron chi connectivity index (χ0n) is 13.3. The van der Waals surface area contributed by atoms with Crippen molar-refractivity contribution in [2.75, 3.05) is 44.3 Å². The molecule has 0 amide bonds. The standard InChI is InChI=1S/C16H28O3S2/c1-18-21(2,3)11-7-10-19-12-16(17)14-20-13-15-8-5-4-6-9-15/h4-6,8-9,16-17H,7,10-14H2,1-3H3. The lowest BCUT2D eigenvalue weighted by Crippen LogP contribution is -2.19. The third-order valence-electron chi connectivity index (χ3n) is 3.11. The van der Waals surface area contributed by atoms with E-state index in [0.717, 1.165) is 17.9 Å². The molecule has 0 saturated heterocycles. The highest BCUT2D eigenvalue weighted by Crippen LogP contribution is 2.40. The summed E-state index contributed by atoms with van der Waals surface area (Å²) in [5.74, 6) is 2.69. The summed E-state index contributed by atoms with van der Waals surface area (Å²) in [6, 6.07) is 10.3. The Morgan fingerprint density at radius 2 is 1.95 bits per heavy atom. The van der Waals surface area contributed by atoms with Crippen LogP contribution in [0, 0.1) is 0 Å². The molecule has 0 bridgehead atoms. The first kappa shape index (κ1) is 18.8. The number of thioether (sulfide) groups is 1. The minimum Gasteiger partial charge on any atom is -0.390 e. The smallest absolute Gasteiger partial charge is 0.0863 e. The second-order valence-corrected chi connectivity index (χ2v) is 10.0. The maximum Gasteiger partial charge on any atom is 0.0863 e. The molecule has 0 fully saturated rings. The van der Waals surface area contributed by atoms with Gasteiger partial charge in [0.15, 0.2) is 0 Å². The molecule has 0 radical (unpaired) electrons. The summed E-state index contributed by atoms with van der Waals surface area (Å²) in [5, 5.41) is 9.87. The van der Waals surface area contributed by atoms with Gasteiger partial charge in [0.05, 0.1) is 12.7 Å². The summed E-state index contributed by atoms with van der Waals surface area (Å²) in [6.07, 6.45) is 4.91. The van der Waals surface area contributed by atoms with Crippen molar-refractivity contribution in [3.05, 3.63) is 35.9 Å². The van der Waals surface area contributed by atoms with Gasteiger partial charge in [-0.15, -0.1) is 10.3 Å². The fraction of sp³-hybridized carbons (Fsp3) is 0.625. The van der Waals surface area contributed by atoms with Gasteiger partial charge in [0.25, 0.3) is 0 Å². The Morgan fingerprint density at radius 1 is 1.24 bits per heavy atom. The van der Waals surface area contributed by atoms with Gasteiger partial charge in [-0.1, -0.05) is 30.3 Å². The first-order valence-electron chi connectivity index (χ1n) is 7.17. The second kappa shape index (κ2) is 10.5. The monoisotopic (exact) mass is 332 g/mol. The minimum atomic E-state index is -0.912. The van der Waals surface area contributed by atoms with E-state index < -0.39 is 10.3 Å². The fourth-order valence-corrected chi connectivity index (χ4v) is 3.64. The van der Waals surface area contributed by atoms with E-state index >= 15 is 0 Å². The van der Waals surface area contributed by atoms with Crippen LogP contribution in [0.25, 0.3) is 0 Å². The van der Waals surface area contributed by atoms with E-state index in [2.05, 4.69) is 24.6 Å². The summed E-state index contributed by atoms with van der Waals surface area (Å²) in [6.45, 7) is 1.12. The number of hydrogen-bond donors (Lipinski definition) is 1. The highest BCUT2D eigenvalue weighted by molar-refractivity contribution is 8.28. The van der Waals surface area contributed by atoms with E-state index in [1.54, 1.807) is 18.9 Å². The first-order chi connectivity index (χ1) is 10.0. The van der Waals surface area contributed by atoms with Crippen molar-refractivity contribution in [2.45, 2.75) is 18.3 Å². The summed E-state index contributed by atoms with van der Waals surface area (Å²) in [4.78, 5) is 0. The summed E-state index contributed by atoms with van der Waals surface area (Å²) in [5.41, 5.74) is 1.29. The molecule has 0 heterocycles. The quantitative estimate of drug-likeness (QED) is 0.631. The SMILES string of the molecule is COS(C)(C)CCCOCC(O)CSCc1ccccc1. The zero-order valence-corrected chi connectivity index (χ0v) is 14.9. The van der Waals surface area contributed by atoms with Gasteiger partial charge in [-0.25, -0.2) is 0 Å². The summed E-state index contributed by atoms with van der Waals surface area (Å²) >= 11 is 1.74. The molecule has 0 spiro atoms. The van der Waals surface area contributed by atoms with Gasteiger partial charge in [0.2, 0.25) is 0 Å². The summed E-state index contributed by atoms with van der Waals surface area (Å²) in [7, 11) is 0.856. The maximum atomic E-state index is 9.87. The van der Waals surface area contributed by atoms with Crippen molar-refractivity contribution in [1.29, 1.82) is 0 Å². The fourth-order valence-electron chi connectivity index (χ4n) is 1.75. The maximum absolute atomic E-state index is 9.87. The molecule has 0 aliphatic carbocycles. The van der Waals surface area contributed by atoms with E-state index in [4.69, 9.17) is 8.92 Å². The second-order valence-electron chi connectivity index (χ2n) is 5.39. The molecule has 1 N–H and O–H groups in total. The predicted octanol–water partition coefficient (Wildman–Crippen LogP) is 3.31. The molecule has 1 unspecified atom stereocenters. The largest absolute Gasteiger partial charge is 0.390 e. The van der Waals surface area contributed by atoms with Crippen molar-refractivity contribution < 1.29 is 14.0 Å². The van der Waals surface area contributed by atoms with Crippen molar-refractivity contribution in [2.24, 2.45) is 0 Å². The molecular weight excluding hydrogens is 304 g/mol. The molecule has 5 heteroatoms. The molecule has 0 aliphatic heterocycles. The van der Waals surface area contributed by atoms with Crippen LogP contribution in [0.15, 0.2) is 30.3 Å². The van der Waals surface area contributed by atoms with Crippen LogP contribution < -0.4 is 0 Å². The third-order valence-corrected chi connectivity index (χ3v) is 6.44. The van der Waals surface area contributed by atoms with E-state index in [9.17, 15) is 5.11 Å². The molecular formula is C16H28O3S2. The lowest BCUT2D eigenvalue weighted by atomic mass is 10.2. The molecule has 3 nitrogen and oxygen atoms in total. The predicted molar refractivity (Wildman–Crippen MR) is 95.4 cm³/mol. The number of hydrogen-bond acceptors (Lipinski definition) is 4. The number of aliphatic hydroxyl groups excluding tert-OH is 1. The highest BCUT2D eigenvalue weighted by atomic mass is 32.3. The number of rotatable bonds is 11. The summed E-state index contributed by atoms with van der Waals surface area (Å²) < 4.78 is 11.0. The van der Waals surface area contributed by atoms with Crippen LogP contribution in [0.5, 0.6) is 0 Å². The van der Waals surface area contributed by atoms with E-state index in [1.807, 2.05) is 18.2 Å². The van der Waals surface area contributed by atoms with Crippen LogP contribution in [-0.4, -0.2) is 55.6 Å². The van der Waals surface area contributed by atoms with E-state index in [1.165, 1.54) is 5.56 Å². The molecule has 0 saturated carbocycles. The average Bonchev–Trinajstić information content (AvgIpc) is 2.48. The van der Waals surface area contributed by atoms with Crippen molar-refractivity contribution >= 4 is 22.1 Å². The van der Waals surface area contributed by atoms with Gasteiger partial charge in [-0.05, 0) is 24.5 Å². The number of ether oxygens (including phenoxy) is 1. The van der Waals surface area contributed by atoms with Gasteiger partial charge in [0, 0.05) is 31.0 Å². The zero-order chi connectivity index (χ0) is 15.6. The van der Waals surface area contributed by atoms with Crippen LogP contribution in [0.1, 0.15) is 12.0 Å². The van der Waals surface area contributed by atoms with Crippen molar-refractivity contribution in [3.8, 4) is 0 Å². The Balaban J connectivity index is 2.00. The first-order valence-corrected chi connectivity index (χ1v) is 10.9. The van der Waals surface area contributed by atoms with Gasteiger partial charge in [-0.3, -0.25) is 0 Å². The van der Waals surface area contributed by atoms with Gasteiger partial charge >= 0.3 is 0 Å². The molecule has 1 aromatic carbocycles.